The number of ether oxygens (including phenoxy) is 1. The van der Waals surface area contributed by atoms with E-state index in [-0.39, 0.29) is 24.0 Å². The lowest BCUT2D eigenvalue weighted by atomic mass is 10.1. The molecule has 0 spiro atoms. The molecule has 0 saturated carbocycles. The number of hydrogen-bond acceptors (Lipinski definition) is 3. The molecule has 2 aliphatic rings. The number of nitrogens with one attached hydrogen (secondary N) is 1. The number of aliphatic imine (C=N–C) groups is 1. The van der Waals surface area contributed by atoms with E-state index in [9.17, 15) is 13.2 Å². The number of rotatable bonds is 2. The molecule has 1 atom stereocenters. The average Bonchev–Trinajstić information content (AvgIpc) is 3.18. The van der Waals surface area contributed by atoms with Gasteiger partial charge in [0, 0.05) is 44.8 Å². The average molecular weight is 522 g/mol. The van der Waals surface area contributed by atoms with Crippen molar-refractivity contribution in [3.8, 4) is 11.8 Å². The van der Waals surface area contributed by atoms with E-state index in [1.165, 1.54) is 6.07 Å². The van der Waals surface area contributed by atoms with Crippen LogP contribution in [0.25, 0.3) is 0 Å². The molecule has 3 rings (SSSR count). The maximum absolute atomic E-state index is 12.8. The van der Waals surface area contributed by atoms with E-state index < -0.39 is 11.7 Å². The molecule has 29 heavy (non-hydrogen) atoms. The van der Waals surface area contributed by atoms with Crippen molar-refractivity contribution < 1.29 is 17.9 Å². The molecule has 5 nitrogen and oxygen atoms in total. The Morgan fingerprint density at radius 2 is 2.03 bits per heavy atom. The number of halogens is 4. The Bertz CT molecular complexity index is 754. The van der Waals surface area contributed by atoms with Gasteiger partial charge in [-0.3, -0.25) is 9.89 Å². The fraction of sp³-hybridized carbons (Fsp3) is 0.550. The highest BCUT2D eigenvalue weighted by Crippen LogP contribution is 2.29. The summed E-state index contributed by atoms with van der Waals surface area (Å²) < 4.78 is 43.7. The zero-order chi connectivity index (χ0) is 20.0. The first-order valence-electron chi connectivity index (χ1n) is 9.41. The van der Waals surface area contributed by atoms with Gasteiger partial charge in [0.15, 0.2) is 5.96 Å². The van der Waals surface area contributed by atoms with Crippen LogP contribution in [0.2, 0.25) is 0 Å². The van der Waals surface area contributed by atoms with E-state index in [1.807, 2.05) is 0 Å². The predicted octanol–water partition coefficient (Wildman–Crippen LogP) is 2.66. The second kappa shape index (κ2) is 11.0. The fourth-order valence-electron chi connectivity index (χ4n) is 3.55. The van der Waals surface area contributed by atoms with Gasteiger partial charge in [0.2, 0.25) is 0 Å². The van der Waals surface area contributed by atoms with Crippen LogP contribution in [0.15, 0.2) is 29.3 Å². The van der Waals surface area contributed by atoms with E-state index in [2.05, 4.69) is 31.9 Å². The molecule has 160 valence electrons. The van der Waals surface area contributed by atoms with Crippen LogP contribution in [0.1, 0.15) is 17.5 Å². The summed E-state index contributed by atoms with van der Waals surface area (Å²) in [5, 5.41) is 3.19. The minimum atomic E-state index is -4.36. The molecule has 9 heteroatoms. The van der Waals surface area contributed by atoms with Gasteiger partial charge >= 0.3 is 6.18 Å². The van der Waals surface area contributed by atoms with Gasteiger partial charge in [0.25, 0.3) is 0 Å². The summed E-state index contributed by atoms with van der Waals surface area (Å²) in [5.41, 5.74) is -0.338. The Kier molecular flexibility index (Phi) is 9.04. The van der Waals surface area contributed by atoms with Crippen molar-refractivity contribution >= 4 is 29.9 Å². The number of morpholine rings is 1. The topological polar surface area (TPSA) is 40.1 Å². The summed E-state index contributed by atoms with van der Waals surface area (Å²) in [7, 11) is 1.73. The lowest BCUT2D eigenvalue weighted by Crippen LogP contribution is -2.46. The van der Waals surface area contributed by atoms with Crippen molar-refractivity contribution in [2.75, 3.05) is 53.0 Å². The summed E-state index contributed by atoms with van der Waals surface area (Å²) in [4.78, 5) is 8.98. The quantitative estimate of drug-likeness (QED) is 0.281. The van der Waals surface area contributed by atoms with E-state index in [1.54, 1.807) is 13.1 Å². The van der Waals surface area contributed by atoms with Crippen LogP contribution in [-0.4, -0.2) is 74.8 Å². The second-order valence-electron chi connectivity index (χ2n) is 6.82. The molecule has 0 radical (unpaired) electrons. The molecular formula is C20H26F3IN4O. The smallest absolute Gasteiger partial charge is 0.379 e. The van der Waals surface area contributed by atoms with Crippen LogP contribution >= 0.6 is 24.0 Å². The van der Waals surface area contributed by atoms with Gasteiger partial charge < -0.3 is 15.0 Å². The maximum atomic E-state index is 12.8. The summed E-state index contributed by atoms with van der Waals surface area (Å²) in [5.74, 6) is 6.43. The minimum Gasteiger partial charge on any atom is -0.379 e. The molecule has 2 heterocycles. The van der Waals surface area contributed by atoms with Crippen molar-refractivity contribution in [1.29, 1.82) is 0 Å². The van der Waals surface area contributed by atoms with Crippen LogP contribution in [0.5, 0.6) is 0 Å². The first-order chi connectivity index (χ1) is 13.5. The molecule has 0 aromatic heterocycles. The van der Waals surface area contributed by atoms with Crippen LogP contribution in [-0.2, 0) is 10.9 Å². The molecule has 0 aliphatic carbocycles. The number of hydrogen-bond donors (Lipinski definition) is 1. The highest BCUT2D eigenvalue weighted by Gasteiger charge is 2.31. The third-order valence-electron chi connectivity index (χ3n) is 4.99. The van der Waals surface area contributed by atoms with Crippen molar-refractivity contribution in [2.24, 2.45) is 4.99 Å². The van der Waals surface area contributed by atoms with E-state index in [0.29, 0.717) is 18.2 Å². The normalized spacial score (nSPS) is 20.6. The lowest BCUT2D eigenvalue weighted by molar-refractivity contribution is -0.137. The van der Waals surface area contributed by atoms with E-state index in [0.717, 1.165) is 63.9 Å². The van der Waals surface area contributed by atoms with Crippen molar-refractivity contribution in [3.63, 3.8) is 0 Å². The molecule has 1 unspecified atom stereocenters. The summed E-state index contributed by atoms with van der Waals surface area (Å²) in [6.45, 7) is 5.65. The predicted molar refractivity (Wildman–Crippen MR) is 117 cm³/mol. The first-order valence-corrected chi connectivity index (χ1v) is 9.41. The molecule has 2 fully saturated rings. The van der Waals surface area contributed by atoms with Gasteiger partial charge in [-0.25, -0.2) is 0 Å². The van der Waals surface area contributed by atoms with Gasteiger partial charge in [0.1, 0.15) is 0 Å². The standard InChI is InChI=1S/C20H25F3N4O.HI/c1-24-19(27-9-7-18(15-27)26-10-12-28-13-11-26)25-8-3-5-16-4-2-6-17(14-16)20(21,22)23;/h2,4,6,14,18H,7-13,15H2,1H3,(H,24,25);1H. The maximum Gasteiger partial charge on any atom is 0.416 e. The molecular weight excluding hydrogens is 496 g/mol. The summed E-state index contributed by atoms with van der Waals surface area (Å²) >= 11 is 0. The van der Waals surface area contributed by atoms with Gasteiger partial charge in [-0.2, -0.15) is 13.2 Å². The summed E-state index contributed by atoms with van der Waals surface area (Å²) in [6.07, 6.45) is -3.28. The van der Waals surface area contributed by atoms with Crippen LogP contribution in [0.4, 0.5) is 13.2 Å². The van der Waals surface area contributed by atoms with Crippen LogP contribution in [0, 0.1) is 11.8 Å². The fourth-order valence-corrected chi connectivity index (χ4v) is 3.55. The molecule has 0 amide bonds. The SMILES string of the molecule is CN=C(NCC#Cc1cccc(C(F)(F)F)c1)N1CCC(N2CCOCC2)C1.I. The number of nitrogens with zero attached hydrogens (tertiary/aromatic N) is 3. The van der Waals surface area contributed by atoms with Crippen LogP contribution in [0.3, 0.4) is 0 Å². The van der Waals surface area contributed by atoms with Crippen molar-refractivity contribution in [1.82, 2.24) is 15.1 Å². The Morgan fingerprint density at radius 1 is 1.28 bits per heavy atom. The van der Waals surface area contributed by atoms with E-state index in [4.69, 9.17) is 4.74 Å². The minimum absolute atomic E-state index is 0. The largest absolute Gasteiger partial charge is 0.416 e. The molecule has 0 bridgehead atoms. The number of benzene rings is 1. The second-order valence-corrected chi connectivity index (χ2v) is 6.82. The molecule has 1 N–H and O–H groups in total. The summed E-state index contributed by atoms with van der Waals surface area (Å²) in [6, 6.07) is 5.55. The third-order valence-corrected chi connectivity index (χ3v) is 4.99. The lowest BCUT2D eigenvalue weighted by Gasteiger charge is -2.32. The molecule has 2 aliphatic heterocycles. The molecule has 1 aromatic rings. The highest BCUT2D eigenvalue weighted by molar-refractivity contribution is 14.0. The van der Waals surface area contributed by atoms with Gasteiger partial charge in [-0.1, -0.05) is 17.9 Å². The Balaban J connectivity index is 0.00000300. The Hall–Kier alpha value is -1.51. The van der Waals surface area contributed by atoms with E-state index >= 15 is 0 Å². The first kappa shape index (κ1) is 23.8. The zero-order valence-corrected chi connectivity index (χ0v) is 18.7. The van der Waals surface area contributed by atoms with Gasteiger partial charge in [-0.15, -0.1) is 24.0 Å². The Labute approximate surface area is 186 Å². The number of alkyl halides is 3. The monoisotopic (exact) mass is 522 g/mol. The van der Waals surface area contributed by atoms with Crippen molar-refractivity contribution in [3.05, 3.63) is 35.4 Å². The van der Waals surface area contributed by atoms with Crippen LogP contribution < -0.4 is 5.32 Å². The van der Waals surface area contributed by atoms with Crippen molar-refractivity contribution in [2.45, 2.75) is 18.6 Å². The van der Waals surface area contributed by atoms with Gasteiger partial charge in [-0.05, 0) is 24.6 Å². The highest BCUT2D eigenvalue weighted by atomic mass is 127. The number of guanidine groups is 1. The number of likely N-dealkylation sites (tertiary alicyclic amines) is 1. The molecule has 2 saturated heterocycles. The third kappa shape index (κ3) is 6.76. The zero-order valence-electron chi connectivity index (χ0n) is 16.3. The van der Waals surface area contributed by atoms with Gasteiger partial charge in [0.05, 0.1) is 25.3 Å². The Morgan fingerprint density at radius 3 is 2.72 bits per heavy atom. The molecule has 1 aromatic carbocycles.